The van der Waals surface area contributed by atoms with E-state index in [0.717, 1.165) is 24.5 Å². The first-order valence-electron chi connectivity index (χ1n) is 11.9. The number of hydrogen-bond donors (Lipinski definition) is 2. The van der Waals surface area contributed by atoms with Gasteiger partial charge in [-0.05, 0) is 65.5 Å². The van der Waals surface area contributed by atoms with Crippen LogP contribution in [0.15, 0.2) is 78.9 Å². The first-order valence-corrected chi connectivity index (χ1v) is 11.9. The van der Waals surface area contributed by atoms with Crippen molar-refractivity contribution in [2.24, 2.45) is 11.7 Å². The van der Waals surface area contributed by atoms with E-state index in [1.54, 1.807) is 6.08 Å². The van der Waals surface area contributed by atoms with E-state index in [1.807, 2.05) is 26.0 Å². The molecule has 1 atom stereocenters. The van der Waals surface area contributed by atoms with Crippen molar-refractivity contribution >= 4 is 30.1 Å². The number of methoxy groups -OCH3 is 1. The Kier molecular flexibility index (Phi) is 11.2. The molecule has 3 N–H and O–H groups in total. The molecule has 0 spiro atoms. The molecule has 0 aromatic heterocycles. The zero-order valence-corrected chi connectivity index (χ0v) is 21.2. The Bertz CT molecular complexity index is 1280. The Morgan fingerprint density at radius 2 is 1.92 bits per heavy atom. The van der Waals surface area contributed by atoms with Gasteiger partial charge >= 0.3 is 5.97 Å². The van der Waals surface area contributed by atoms with Crippen molar-refractivity contribution < 1.29 is 19.4 Å². The minimum absolute atomic E-state index is 0.0479. The van der Waals surface area contributed by atoms with E-state index < -0.39 is 5.91 Å². The van der Waals surface area contributed by atoms with Gasteiger partial charge in [0.05, 0.1) is 18.6 Å². The Morgan fingerprint density at radius 3 is 2.56 bits per heavy atom. The standard InChI is InChI=1S/C19H22O2.C12H13NO2/c1-15(19(20)21-2)9-10-16-11-13-18(14-12-16)17-7-5-3-4-6-8-17;1-3-4-5-9-7-11(14)10(12(13)15)6-8(9)2/h3-5,7-8,11-15H,6,9-10H2,1-2H3;3-7,14H,2H2,1H3,(H2,13,15)/b;4-3-,9-5-. The maximum atomic E-state index is 11.4. The van der Waals surface area contributed by atoms with Crippen molar-refractivity contribution in [3.05, 3.63) is 106 Å². The lowest BCUT2D eigenvalue weighted by Crippen LogP contribution is -2.25. The van der Waals surface area contributed by atoms with Crippen molar-refractivity contribution in [1.82, 2.24) is 0 Å². The van der Waals surface area contributed by atoms with Crippen LogP contribution in [0.5, 0.6) is 5.75 Å². The summed E-state index contributed by atoms with van der Waals surface area (Å²) in [4.78, 5) is 22.3. The van der Waals surface area contributed by atoms with Crippen LogP contribution in [0.2, 0.25) is 0 Å². The van der Waals surface area contributed by atoms with Gasteiger partial charge in [0, 0.05) is 0 Å². The lowest BCUT2D eigenvalue weighted by Gasteiger charge is -2.09. The van der Waals surface area contributed by atoms with Crippen molar-refractivity contribution in [2.45, 2.75) is 33.1 Å². The van der Waals surface area contributed by atoms with E-state index in [1.165, 1.54) is 35.9 Å². The van der Waals surface area contributed by atoms with Crippen LogP contribution in [0.4, 0.5) is 0 Å². The number of amides is 1. The summed E-state index contributed by atoms with van der Waals surface area (Å²) in [6.07, 6.45) is 18.8. The predicted octanol–water partition coefficient (Wildman–Crippen LogP) is 4.59. The van der Waals surface area contributed by atoms with Crippen molar-refractivity contribution in [3.63, 3.8) is 0 Å². The summed E-state index contributed by atoms with van der Waals surface area (Å²) < 4.78 is 4.75. The quantitative estimate of drug-likeness (QED) is 0.562. The third-order valence-electron chi connectivity index (χ3n) is 5.74. The second kappa shape index (κ2) is 14.3. The highest BCUT2D eigenvalue weighted by Gasteiger charge is 2.12. The second-order valence-electron chi connectivity index (χ2n) is 8.47. The number of allylic oxidation sites excluding steroid dienone is 8. The number of ether oxygens (including phenoxy) is 1. The minimum Gasteiger partial charge on any atom is -0.507 e. The normalized spacial score (nSPS) is 14.0. The van der Waals surface area contributed by atoms with E-state index in [-0.39, 0.29) is 23.2 Å². The second-order valence-corrected chi connectivity index (χ2v) is 8.47. The number of hydrogen-bond acceptors (Lipinski definition) is 4. The number of rotatable bonds is 7. The first-order chi connectivity index (χ1) is 17.3. The van der Waals surface area contributed by atoms with Gasteiger partial charge in [0.1, 0.15) is 5.75 Å². The molecule has 0 saturated heterocycles. The molecule has 1 amide bonds. The molecule has 1 unspecified atom stereocenters. The van der Waals surface area contributed by atoms with Gasteiger partial charge in [-0.15, -0.1) is 0 Å². The smallest absolute Gasteiger partial charge is 0.308 e. The van der Waals surface area contributed by atoms with Crippen molar-refractivity contribution in [1.29, 1.82) is 0 Å². The van der Waals surface area contributed by atoms with Gasteiger partial charge < -0.3 is 15.6 Å². The van der Waals surface area contributed by atoms with Gasteiger partial charge in [0.2, 0.25) is 0 Å². The molecule has 188 valence electrons. The summed E-state index contributed by atoms with van der Waals surface area (Å²) in [7, 11) is 1.44. The molecule has 1 aliphatic carbocycles. The summed E-state index contributed by atoms with van der Waals surface area (Å²) in [5, 5.41) is 10.9. The molecule has 5 heteroatoms. The van der Waals surface area contributed by atoms with E-state index in [0.29, 0.717) is 5.22 Å². The lowest BCUT2D eigenvalue weighted by molar-refractivity contribution is -0.145. The van der Waals surface area contributed by atoms with E-state index >= 15 is 0 Å². The molecule has 1 aliphatic rings. The van der Waals surface area contributed by atoms with Crippen LogP contribution < -0.4 is 16.2 Å². The van der Waals surface area contributed by atoms with E-state index in [9.17, 15) is 14.7 Å². The number of phenols is 1. The zero-order valence-electron chi connectivity index (χ0n) is 21.2. The summed E-state index contributed by atoms with van der Waals surface area (Å²) in [6.45, 7) is 7.57. The van der Waals surface area contributed by atoms with Crippen LogP contribution in [0.1, 0.15) is 48.2 Å². The minimum atomic E-state index is -0.657. The molecule has 0 bridgehead atoms. The van der Waals surface area contributed by atoms with Gasteiger partial charge in [0.15, 0.2) is 0 Å². The Morgan fingerprint density at radius 1 is 1.19 bits per heavy atom. The van der Waals surface area contributed by atoms with Gasteiger partial charge in [-0.2, -0.15) is 0 Å². The molecule has 0 heterocycles. The number of aryl methyl sites for hydroxylation is 1. The third-order valence-corrected chi connectivity index (χ3v) is 5.74. The van der Waals surface area contributed by atoms with Crippen molar-refractivity contribution in [3.8, 4) is 5.75 Å². The predicted molar refractivity (Wildman–Crippen MR) is 147 cm³/mol. The van der Waals surface area contributed by atoms with Crippen LogP contribution in [0, 0.1) is 5.92 Å². The highest BCUT2D eigenvalue weighted by Crippen LogP contribution is 2.20. The SMILES string of the molecule is C=c1cc(C(N)=O)c(O)c/c1=C/C=C\C.COC(=O)C(C)CCc1ccc(C2=CCC=CC=C2)cc1. The first kappa shape index (κ1) is 28.1. The summed E-state index contributed by atoms with van der Waals surface area (Å²) in [6, 6.07) is 11.5. The van der Waals surface area contributed by atoms with Crippen LogP contribution >= 0.6 is 0 Å². The average Bonchev–Trinajstić information content (AvgIpc) is 3.17. The molecule has 0 radical (unpaired) electrons. The highest BCUT2D eigenvalue weighted by atomic mass is 16.5. The number of aromatic hydroxyl groups is 1. The molecule has 36 heavy (non-hydrogen) atoms. The number of carbonyl (C=O) groups is 2. The zero-order chi connectivity index (χ0) is 26.5. The molecule has 2 aromatic rings. The van der Waals surface area contributed by atoms with Crippen molar-refractivity contribution in [2.75, 3.05) is 7.11 Å². The topological polar surface area (TPSA) is 89.6 Å². The fourth-order valence-electron chi connectivity index (χ4n) is 3.56. The summed E-state index contributed by atoms with van der Waals surface area (Å²) in [5.41, 5.74) is 8.93. The van der Waals surface area contributed by atoms with E-state index in [4.69, 9.17) is 10.5 Å². The molecule has 0 fully saturated rings. The lowest BCUT2D eigenvalue weighted by atomic mass is 9.98. The molecular formula is C31H35NO4. The fraction of sp³-hybridized carbons (Fsp3) is 0.226. The highest BCUT2D eigenvalue weighted by molar-refractivity contribution is 5.95. The Hall–Kier alpha value is -4.12. The number of esters is 1. The fourth-order valence-corrected chi connectivity index (χ4v) is 3.56. The van der Waals surface area contributed by atoms with Gasteiger partial charge in [-0.25, -0.2) is 0 Å². The van der Waals surface area contributed by atoms with Gasteiger partial charge in [0.25, 0.3) is 5.91 Å². The Labute approximate surface area is 213 Å². The molecule has 0 aliphatic heterocycles. The summed E-state index contributed by atoms with van der Waals surface area (Å²) >= 11 is 0. The summed E-state index contributed by atoms with van der Waals surface area (Å²) in [5.74, 6) is -0.957. The molecule has 3 rings (SSSR count). The number of primary amides is 1. The molecular weight excluding hydrogens is 450 g/mol. The van der Waals surface area contributed by atoms with Crippen LogP contribution in [-0.4, -0.2) is 24.1 Å². The number of nitrogens with two attached hydrogens (primary N) is 1. The number of carbonyl (C=O) groups excluding carboxylic acids is 2. The van der Waals surface area contributed by atoms with Crippen LogP contribution in [-0.2, 0) is 16.0 Å². The average molecular weight is 486 g/mol. The van der Waals surface area contributed by atoms with Gasteiger partial charge in [-0.3, -0.25) is 9.59 Å². The maximum absolute atomic E-state index is 11.4. The molecule has 2 aromatic carbocycles. The Balaban J connectivity index is 0.000000269. The van der Waals surface area contributed by atoms with Crippen LogP contribution in [0.3, 0.4) is 0 Å². The number of benzene rings is 2. The van der Waals surface area contributed by atoms with E-state index in [2.05, 4.69) is 61.2 Å². The largest absolute Gasteiger partial charge is 0.507 e. The molecule has 5 nitrogen and oxygen atoms in total. The monoisotopic (exact) mass is 485 g/mol. The van der Waals surface area contributed by atoms with Gasteiger partial charge in [-0.1, -0.05) is 86.4 Å². The molecule has 0 saturated carbocycles. The van der Waals surface area contributed by atoms with Crippen LogP contribution in [0.25, 0.3) is 18.2 Å². The third kappa shape index (κ3) is 8.58. The maximum Gasteiger partial charge on any atom is 0.308 e.